The summed E-state index contributed by atoms with van der Waals surface area (Å²) < 4.78 is 0. The van der Waals surface area contributed by atoms with E-state index in [-0.39, 0.29) is 0 Å². The summed E-state index contributed by atoms with van der Waals surface area (Å²) in [6.45, 7) is 2.14. The molecule has 0 N–H and O–H groups in total. The largest absolute Gasteiger partial charge is 0.253 e. The number of benzene rings is 2. The van der Waals surface area contributed by atoms with Crippen molar-refractivity contribution in [1.82, 2.24) is 20.2 Å². The molecule has 0 aliphatic rings. The standard InChI is InChI=1S/C19H15N4/c1-13(16-12-22-23-17-7-3-2-6-15(16)17)11-14-5-4-8-18-19(14)21-10-9-20-18/h2-10,12H,11H2,1H3. The minimum absolute atomic E-state index is 0.811. The molecule has 0 amide bonds. The molecule has 2 aromatic heterocycles. The molecule has 4 rings (SSSR count). The monoisotopic (exact) mass is 299 g/mol. The van der Waals surface area contributed by atoms with Gasteiger partial charge in [0, 0.05) is 23.7 Å². The third kappa shape index (κ3) is 2.52. The van der Waals surface area contributed by atoms with Gasteiger partial charge in [-0.3, -0.25) is 9.97 Å². The average molecular weight is 299 g/mol. The van der Waals surface area contributed by atoms with Gasteiger partial charge in [-0.25, -0.2) is 0 Å². The van der Waals surface area contributed by atoms with Crippen molar-refractivity contribution < 1.29 is 0 Å². The minimum atomic E-state index is 0.811. The van der Waals surface area contributed by atoms with Gasteiger partial charge in [-0.05, 0) is 29.7 Å². The molecule has 2 aromatic carbocycles. The highest BCUT2D eigenvalue weighted by atomic mass is 15.1. The van der Waals surface area contributed by atoms with Crippen LogP contribution in [0.25, 0.3) is 21.9 Å². The van der Waals surface area contributed by atoms with Gasteiger partial charge in [0.15, 0.2) is 0 Å². The Morgan fingerprint density at radius 1 is 0.913 bits per heavy atom. The Balaban J connectivity index is 1.75. The van der Waals surface area contributed by atoms with Crippen molar-refractivity contribution in [1.29, 1.82) is 0 Å². The first-order valence-electron chi connectivity index (χ1n) is 7.55. The Morgan fingerprint density at radius 3 is 2.70 bits per heavy atom. The molecule has 0 spiro atoms. The van der Waals surface area contributed by atoms with Gasteiger partial charge in [-0.15, -0.1) is 0 Å². The van der Waals surface area contributed by atoms with E-state index in [9.17, 15) is 0 Å². The van der Waals surface area contributed by atoms with Crippen LogP contribution in [-0.2, 0) is 6.42 Å². The van der Waals surface area contributed by atoms with Crippen molar-refractivity contribution in [2.75, 3.05) is 0 Å². The quantitative estimate of drug-likeness (QED) is 0.578. The molecule has 0 fully saturated rings. The molecular formula is C19H15N4. The van der Waals surface area contributed by atoms with Gasteiger partial charge in [-0.1, -0.05) is 37.3 Å². The number of aromatic nitrogens is 4. The first kappa shape index (κ1) is 13.8. The highest BCUT2D eigenvalue weighted by Gasteiger charge is 2.14. The lowest BCUT2D eigenvalue weighted by atomic mass is 9.92. The van der Waals surface area contributed by atoms with E-state index in [0.717, 1.165) is 33.9 Å². The summed E-state index contributed by atoms with van der Waals surface area (Å²) in [6.07, 6.45) is 6.12. The molecule has 4 heteroatoms. The lowest BCUT2D eigenvalue weighted by Gasteiger charge is -2.14. The summed E-state index contributed by atoms with van der Waals surface area (Å²) in [6, 6.07) is 14.2. The highest BCUT2D eigenvalue weighted by Crippen LogP contribution is 2.27. The summed E-state index contributed by atoms with van der Waals surface area (Å²) in [4.78, 5) is 8.86. The lowest BCUT2D eigenvalue weighted by Crippen LogP contribution is -2.03. The van der Waals surface area contributed by atoms with Crippen molar-refractivity contribution in [2.45, 2.75) is 13.3 Å². The molecule has 0 unspecified atom stereocenters. The summed E-state index contributed by atoms with van der Waals surface area (Å²) in [7, 11) is 0. The van der Waals surface area contributed by atoms with Crippen molar-refractivity contribution in [2.24, 2.45) is 0 Å². The van der Waals surface area contributed by atoms with Crippen LogP contribution in [0.5, 0.6) is 0 Å². The molecular weight excluding hydrogens is 284 g/mol. The van der Waals surface area contributed by atoms with Gasteiger partial charge in [0.2, 0.25) is 0 Å². The molecule has 0 saturated carbocycles. The number of fused-ring (bicyclic) bond motifs is 2. The molecule has 111 valence electrons. The molecule has 0 aliphatic carbocycles. The van der Waals surface area contributed by atoms with Gasteiger partial charge in [0.05, 0.1) is 22.7 Å². The first-order valence-corrected chi connectivity index (χ1v) is 7.55. The zero-order valence-corrected chi connectivity index (χ0v) is 12.8. The first-order chi connectivity index (χ1) is 11.3. The molecule has 2 heterocycles. The normalized spacial score (nSPS) is 11.4. The van der Waals surface area contributed by atoms with Crippen LogP contribution in [-0.4, -0.2) is 20.2 Å². The molecule has 0 atom stereocenters. The number of para-hydroxylation sites is 1. The van der Waals surface area contributed by atoms with Crippen LogP contribution >= 0.6 is 0 Å². The molecule has 1 radical (unpaired) electrons. The van der Waals surface area contributed by atoms with E-state index >= 15 is 0 Å². The van der Waals surface area contributed by atoms with E-state index in [2.05, 4.69) is 39.2 Å². The van der Waals surface area contributed by atoms with Gasteiger partial charge < -0.3 is 0 Å². The van der Waals surface area contributed by atoms with E-state index in [1.54, 1.807) is 12.4 Å². The smallest absolute Gasteiger partial charge is 0.0932 e. The molecule has 0 aliphatic heterocycles. The number of hydrogen-bond acceptors (Lipinski definition) is 4. The van der Waals surface area contributed by atoms with Gasteiger partial charge in [0.1, 0.15) is 0 Å². The summed E-state index contributed by atoms with van der Waals surface area (Å²) in [5.74, 6) is 1.24. The molecule has 0 saturated heterocycles. The predicted octanol–water partition coefficient (Wildman–Crippen LogP) is 3.76. The maximum atomic E-state index is 4.49. The second-order valence-corrected chi connectivity index (χ2v) is 5.57. The maximum Gasteiger partial charge on any atom is 0.0932 e. The van der Waals surface area contributed by atoms with E-state index in [1.807, 2.05) is 36.5 Å². The lowest BCUT2D eigenvalue weighted by molar-refractivity contribution is 0.971. The van der Waals surface area contributed by atoms with Gasteiger partial charge in [-0.2, -0.15) is 10.2 Å². The maximum absolute atomic E-state index is 4.49. The van der Waals surface area contributed by atoms with Crippen molar-refractivity contribution >= 4 is 21.9 Å². The van der Waals surface area contributed by atoms with Crippen molar-refractivity contribution in [3.63, 3.8) is 0 Å². The fourth-order valence-corrected chi connectivity index (χ4v) is 2.92. The van der Waals surface area contributed by atoms with Gasteiger partial charge in [0.25, 0.3) is 0 Å². The van der Waals surface area contributed by atoms with E-state index in [1.165, 1.54) is 11.5 Å². The predicted molar refractivity (Wildman–Crippen MR) is 90.8 cm³/mol. The summed E-state index contributed by atoms with van der Waals surface area (Å²) >= 11 is 0. The van der Waals surface area contributed by atoms with Crippen LogP contribution in [0.3, 0.4) is 0 Å². The number of rotatable bonds is 3. The zero-order valence-electron chi connectivity index (χ0n) is 12.8. The second-order valence-electron chi connectivity index (χ2n) is 5.57. The minimum Gasteiger partial charge on any atom is -0.253 e. The number of nitrogens with zero attached hydrogens (tertiary/aromatic N) is 4. The third-order valence-electron chi connectivity index (χ3n) is 4.04. The topological polar surface area (TPSA) is 51.6 Å². The second kappa shape index (κ2) is 5.72. The third-order valence-corrected chi connectivity index (χ3v) is 4.04. The SMILES string of the molecule is C[C](Cc1cccc2nccnc12)c1cnnc2ccccc12. The van der Waals surface area contributed by atoms with Gasteiger partial charge >= 0.3 is 0 Å². The fourth-order valence-electron chi connectivity index (χ4n) is 2.92. The van der Waals surface area contributed by atoms with Crippen LogP contribution in [0.1, 0.15) is 18.1 Å². The molecule has 23 heavy (non-hydrogen) atoms. The van der Waals surface area contributed by atoms with E-state index in [0.29, 0.717) is 0 Å². The Morgan fingerprint density at radius 2 is 1.74 bits per heavy atom. The van der Waals surface area contributed by atoms with Crippen LogP contribution in [0, 0.1) is 5.92 Å². The summed E-state index contributed by atoms with van der Waals surface area (Å²) in [5.41, 5.74) is 5.11. The average Bonchev–Trinajstić information content (AvgIpc) is 2.61. The molecule has 4 nitrogen and oxygen atoms in total. The Bertz CT molecular complexity index is 970. The van der Waals surface area contributed by atoms with Crippen molar-refractivity contribution in [3.8, 4) is 0 Å². The Hall–Kier alpha value is -2.88. The molecule has 4 aromatic rings. The Labute approximate surface area is 134 Å². The summed E-state index contributed by atoms with van der Waals surface area (Å²) in [5, 5.41) is 9.47. The van der Waals surface area contributed by atoms with Crippen LogP contribution in [0.4, 0.5) is 0 Å². The number of hydrogen-bond donors (Lipinski definition) is 0. The van der Waals surface area contributed by atoms with Crippen LogP contribution in [0.2, 0.25) is 0 Å². The zero-order chi connectivity index (χ0) is 15.6. The van der Waals surface area contributed by atoms with Crippen LogP contribution in [0.15, 0.2) is 61.1 Å². The molecule has 0 bridgehead atoms. The van der Waals surface area contributed by atoms with E-state index < -0.39 is 0 Å². The van der Waals surface area contributed by atoms with Crippen LogP contribution < -0.4 is 0 Å². The van der Waals surface area contributed by atoms with Crippen molar-refractivity contribution in [3.05, 3.63) is 78.1 Å². The highest BCUT2D eigenvalue weighted by molar-refractivity contribution is 5.84. The van der Waals surface area contributed by atoms with E-state index in [4.69, 9.17) is 0 Å². The Kier molecular flexibility index (Phi) is 3.42. The fraction of sp³-hybridized carbons (Fsp3) is 0.105.